The lowest BCUT2D eigenvalue weighted by Crippen LogP contribution is -2.55. The third-order valence-electron chi connectivity index (χ3n) is 1.19. The van der Waals surface area contributed by atoms with Crippen molar-refractivity contribution in [3.8, 4) is 0 Å². The van der Waals surface area contributed by atoms with Crippen LogP contribution in [0.15, 0.2) is 0 Å². The van der Waals surface area contributed by atoms with Crippen molar-refractivity contribution in [1.82, 2.24) is 0 Å². The molecule has 2 nitrogen and oxygen atoms in total. The molecular formula is C5H3Cl2F5O2. The highest BCUT2D eigenvalue weighted by atomic mass is 35.5. The second-order valence-electron chi connectivity index (χ2n) is 2.14. The van der Waals surface area contributed by atoms with E-state index in [1.165, 1.54) is 0 Å². The molecule has 0 aromatic heterocycles. The second kappa shape index (κ2) is 3.69. The number of carbonyl (C=O) groups excluding carboxylic acids is 1. The lowest BCUT2D eigenvalue weighted by molar-refractivity contribution is -0.204. The van der Waals surface area contributed by atoms with E-state index in [0.717, 1.165) is 0 Å². The van der Waals surface area contributed by atoms with Crippen molar-refractivity contribution in [3.63, 3.8) is 0 Å². The van der Waals surface area contributed by atoms with Gasteiger partial charge in [0.2, 0.25) is 0 Å². The van der Waals surface area contributed by atoms with Crippen LogP contribution in [0, 0.1) is 0 Å². The number of methoxy groups -OCH3 is 1. The SMILES string of the molecule is COC(=O)C(F)(F)[C@@](F)(Cl)C(F)(F)Cl. The van der Waals surface area contributed by atoms with Gasteiger partial charge < -0.3 is 4.74 Å². The van der Waals surface area contributed by atoms with Crippen LogP contribution in [-0.4, -0.2) is 29.5 Å². The molecule has 0 unspecified atom stereocenters. The van der Waals surface area contributed by atoms with Crippen LogP contribution in [0.4, 0.5) is 22.0 Å². The quantitative estimate of drug-likeness (QED) is 0.443. The fourth-order valence-corrected chi connectivity index (χ4v) is 0.630. The van der Waals surface area contributed by atoms with Gasteiger partial charge in [-0.1, -0.05) is 11.6 Å². The Bertz CT molecular complexity index is 237. The van der Waals surface area contributed by atoms with Crippen LogP contribution in [0.2, 0.25) is 0 Å². The monoisotopic (exact) mass is 260 g/mol. The summed E-state index contributed by atoms with van der Waals surface area (Å²) >= 11 is 8.16. The van der Waals surface area contributed by atoms with Gasteiger partial charge in [-0.05, 0) is 11.6 Å². The summed E-state index contributed by atoms with van der Waals surface area (Å²) in [6.07, 6.45) is 0. The summed E-state index contributed by atoms with van der Waals surface area (Å²) in [6.45, 7) is 0. The first kappa shape index (κ1) is 13.7. The summed E-state index contributed by atoms with van der Waals surface area (Å²) in [7, 11) is 0.454. The average molecular weight is 261 g/mol. The molecule has 0 radical (unpaired) electrons. The van der Waals surface area contributed by atoms with Gasteiger partial charge in [-0.25, -0.2) is 9.18 Å². The number of rotatable bonds is 3. The second-order valence-corrected chi connectivity index (χ2v) is 3.13. The Balaban J connectivity index is 5.18. The minimum absolute atomic E-state index is 0.454. The molecule has 9 heteroatoms. The van der Waals surface area contributed by atoms with Gasteiger partial charge in [-0.2, -0.15) is 17.6 Å². The molecule has 14 heavy (non-hydrogen) atoms. The predicted octanol–water partition coefficient (Wildman–Crippen LogP) is 2.53. The van der Waals surface area contributed by atoms with Gasteiger partial charge in [0.1, 0.15) is 0 Å². The Hall–Kier alpha value is -0.300. The van der Waals surface area contributed by atoms with Gasteiger partial charge >= 0.3 is 22.4 Å². The van der Waals surface area contributed by atoms with Gasteiger partial charge in [-0.15, -0.1) is 0 Å². The van der Waals surface area contributed by atoms with E-state index in [9.17, 15) is 26.7 Å². The van der Waals surface area contributed by atoms with Gasteiger partial charge in [0.15, 0.2) is 0 Å². The van der Waals surface area contributed by atoms with Gasteiger partial charge in [-0.3, -0.25) is 0 Å². The van der Waals surface area contributed by atoms with Crippen molar-refractivity contribution in [2.45, 2.75) is 16.4 Å². The highest BCUT2D eigenvalue weighted by molar-refractivity contribution is 6.34. The van der Waals surface area contributed by atoms with E-state index < -0.39 is 22.4 Å². The third-order valence-corrected chi connectivity index (χ3v) is 2.02. The van der Waals surface area contributed by atoms with Crippen LogP contribution in [0.25, 0.3) is 0 Å². The molecule has 0 saturated carbocycles. The summed E-state index contributed by atoms with van der Waals surface area (Å²) in [5.41, 5.74) is 0. The van der Waals surface area contributed by atoms with E-state index in [2.05, 4.69) is 27.9 Å². The van der Waals surface area contributed by atoms with E-state index in [1.807, 2.05) is 0 Å². The van der Waals surface area contributed by atoms with Crippen LogP contribution >= 0.6 is 23.2 Å². The number of ether oxygens (including phenoxy) is 1. The molecule has 0 aromatic rings. The molecule has 0 spiro atoms. The summed E-state index contributed by atoms with van der Waals surface area (Å²) in [5.74, 6) is -7.80. The summed E-state index contributed by atoms with van der Waals surface area (Å²) in [5, 5.41) is -10.2. The smallest absolute Gasteiger partial charge is 0.397 e. The Morgan fingerprint density at radius 3 is 1.71 bits per heavy atom. The number of carbonyl (C=O) groups is 1. The topological polar surface area (TPSA) is 26.3 Å². The Kier molecular flexibility index (Phi) is 3.61. The molecule has 0 aliphatic rings. The fourth-order valence-electron chi connectivity index (χ4n) is 0.434. The Labute approximate surface area is 84.9 Å². The van der Waals surface area contributed by atoms with Gasteiger partial charge in [0.25, 0.3) is 0 Å². The van der Waals surface area contributed by atoms with E-state index in [1.54, 1.807) is 0 Å². The van der Waals surface area contributed by atoms with E-state index in [-0.39, 0.29) is 0 Å². The molecule has 0 rings (SSSR count). The number of halogens is 7. The van der Waals surface area contributed by atoms with Crippen molar-refractivity contribution in [3.05, 3.63) is 0 Å². The maximum Gasteiger partial charge on any atom is 0.397 e. The Morgan fingerprint density at radius 2 is 1.50 bits per heavy atom. The number of hydrogen-bond donors (Lipinski definition) is 0. The van der Waals surface area contributed by atoms with Crippen LogP contribution in [0.3, 0.4) is 0 Å². The molecule has 0 aromatic carbocycles. The number of alkyl halides is 7. The molecule has 0 fully saturated rings. The van der Waals surface area contributed by atoms with Crippen molar-refractivity contribution in [2.75, 3.05) is 7.11 Å². The van der Waals surface area contributed by atoms with Crippen LogP contribution < -0.4 is 0 Å². The molecule has 0 N–H and O–H groups in total. The zero-order chi connectivity index (χ0) is 11.8. The molecule has 0 aliphatic carbocycles. The lowest BCUT2D eigenvalue weighted by Gasteiger charge is -2.28. The molecule has 0 amide bonds. The third kappa shape index (κ3) is 2.03. The minimum atomic E-state index is -5.26. The maximum absolute atomic E-state index is 12.6. The molecular weight excluding hydrogens is 258 g/mol. The maximum atomic E-state index is 12.6. The van der Waals surface area contributed by atoms with Gasteiger partial charge in [0, 0.05) is 0 Å². The van der Waals surface area contributed by atoms with Crippen molar-refractivity contribution >= 4 is 29.2 Å². The van der Waals surface area contributed by atoms with Crippen LogP contribution in [0.1, 0.15) is 0 Å². The van der Waals surface area contributed by atoms with Crippen LogP contribution in [0.5, 0.6) is 0 Å². The normalized spacial score (nSPS) is 17.4. The summed E-state index contributed by atoms with van der Waals surface area (Å²) in [6, 6.07) is 0. The van der Waals surface area contributed by atoms with E-state index >= 15 is 0 Å². The molecule has 0 heterocycles. The first-order chi connectivity index (χ1) is 5.98. The predicted molar refractivity (Wildman–Crippen MR) is 37.5 cm³/mol. The minimum Gasteiger partial charge on any atom is -0.464 e. The zero-order valence-corrected chi connectivity index (χ0v) is 7.97. The highest BCUT2D eigenvalue weighted by Gasteiger charge is 2.73. The summed E-state index contributed by atoms with van der Waals surface area (Å²) in [4.78, 5) is 10.2. The number of esters is 1. The largest absolute Gasteiger partial charge is 0.464 e. The van der Waals surface area contributed by atoms with Crippen molar-refractivity contribution < 1.29 is 31.5 Å². The molecule has 0 bridgehead atoms. The first-order valence-corrected chi connectivity index (χ1v) is 3.65. The average Bonchev–Trinajstić information content (AvgIpc) is 2.00. The molecule has 1 atom stereocenters. The van der Waals surface area contributed by atoms with Crippen molar-refractivity contribution in [2.24, 2.45) is 0 Å². The molecule has 0 saturated heterocycles. The van der Waals surface area contributed by atoms with Crippen LogP contribution in [-0.2, 0) is 9.53 Å². The van der Waals surface area contributed by atoms with Crippen molar-refractivity contribution in [1.29, 1.82) is 0 Å². The highest BCUT2D eigenvalue weighted by Crippen LogP contribution is 2.49. The van der Waals surface area contributed by atoms with Gasteiger partial charge in [0.05, 0.1) is 7.11 Å². The first-order valence-electron chi connectivity index (χ1n) is 2.89. The fraction of sp³-hybridized carbons (Fsp3) is 0.800. The van der Waals surface area contributed by atoms with E-state index in [0.29, 0.717) is 7.11 Å². The number of hydrogen-bond acceptors (Lipinski definition) is 2. The summed E-state index contributed by atoms with van der Waals surface area (Å²) < 4.78 is 65.3. The lowest BCUT2D eigenvalue weighted by atomic mass is 10.2. The Morgan fingerprint density at radius 1 is 1.14 bits per heavy atom. The molecule has 0 aliphatic heterocycles. The standard InChI is InChI=1S/C5H3Cl2F5O2/c1-14-2(13)3(8,9)4(6,10)5(7,11)12/h1H3/t4-/m0/s1. The molecule has 84 valence electrons. The zero-order valence-electron chi connectivity index (χ0n) is 6.46. The van der Waals surface area contributed by atoms with E-state index in [4.69, 9.17) is 0 Å².